The first-order valence-corrected chi connectivity index (χ1v) is 8.58. The summed E-state index contributed by atoms with van der Waals surface area (Å²) in [5, 5.41) is 3.58. The highest BCUT2D eigenvalue weighted by Gasteiger charge is 2.34. The number of nitrogens with one attached hydrogen (secondary N) is 1. The first-order valence-electron chi connectivity index (χ1n) is 8.58. The lowest BCUT2D eigenvalue weighted by Crippen LogP contribution is -2.40. The second-order valence-corrected chi connectivity index (χ2v) is 7.79. The lowest BCUT2D eigenvalue weighted by molar-refractivity contribution is 0.0232. The van der Waals surface area contributed by atoms with Gasteiger partial charge in [0.05, 0.1) is 0 Å². The second-order valence-electron chi connectivity index (χ2n) is 7.79. The second kappa shape index (κ2) is 6.99. The summed E-state index contributed by atoms with van der Waals surface area (Å²) in [7, 11) is 0. The highest BCUT2D eigenvalue weighted by molar-refractivity contribution is 5.69. The van der Waals surface area contributed by atoms with Crippen LogP contribution in [-0.4, -0.2) is 41.8 Å². The minimum Gasteiger partial charge on any atom is -0.444 e. The fraction of sp³-hybridized carbons (Fsp3) is 0.941. The van der Waals surface area contributed by atoms with Gasteiger partial charge < -0.3 is 15.0 Å². The molecule has 21 heavy (non-hydrogen) atoms. The van der Waals surface area contributed by atoms with Crippen LogP contribution in [-0.2, 0) is 4.74 Å². The molecule has 1 amide bonds. The Morgan fingerprint density at radius 2 is 1.95 bits per heavy atom. The molecule has 2 aliphatic carbocycles. The van der Waals surface area contributed by atoms with Gasteiger partial charge in [0.2, 0.25) is 0 Å². The third-order valence-electron chi connectivity index (χ3n) is 4.07. The van der Waals surface area contributed by atoms with Crippen LogP contribution in [0, 0.1) is 5.92 Å². The maximum absolute atomic E-state index is 12.2. The minimum atomic E-state index is -0.402. The van der Waals surface area contributed by atoms with E-state index < -0.39 is 5.60 Å². The summed E-state index contributed by atoms with van der Waals surface area (Å²) < 4.78 is 5.51. The average molecular weight is 296 g/mol. The zero-order valence-corrected chi connectivity index (χ0v) is 14.2. The SMILES string of the molecule is CC(CC1CC1)NCCCN(C(=O)OC(C)(C)C)C1CC1. The van der Waals surface area contributed by atoms with E-state index >= 15 is 0 Å². The Morgan fingerprint density at radius 3 is 2.48 bits per heavy atom. The number of carbonyl (C=O) groups excluding carboxylic acids is 1. The van der Waals surface area contributed by atoms with Crippen LogP contribution in [0.15, 0.2) is 0 Å². The molecule has 0 spiro atoms. The van der Waals surface area contributed by atoms with Crippen molar-refractivity contribution in [2.24, 2.45) is 5.92 Å². The van der Waals surface area contributed by atoms with E-state index in [0.717, 1.165) is 38.3 Å². The summed E-state index contributed by atoms with van der Waals surface area (Å²) >= 11 is 0. The Labute approximate surface area is 129 Å². The predicted molar refractivity (Wildman–Crippen MR) is 85.4 cm³/mol. The van der Waals surface area contributed by atoms with E-state index in [1.54, 1.807) is 0 Å². The molecule has 2 aliphatic rings. The Kier molecular flexibility index (Phi) is 5.53. The van der Waals surface area contributed by atoms with Crippen molar-refractivity contribution in [2.45, 2.75) is 83.9 Å². The summed E-state index contributed by atoms with van der Waals surface area (Å²) in [6, 6.07) is 1.03. The van der Waals surface area contributed by atoms with E-state index in [1.165, 1.54) is 19.3 Å². The van der Waals surface area contributed by atoms with Crippen molar-refractivity contribution in [1.82, 2.24) is 10.2 Å². The molecule has 4 heteroatoms. The lowest BCUT2D eigenvalue weighted by Gasteiger charge is -2.27. The minimum absolute atomic E-state index is 0.143. The zero-order valence-electron chi connectivity index (χ0n) is 14.2. The Morgan fingerprint density at radius 1 is 1.29 bits per heavy atom. The molecule has 2 rings (SSSR count). The molecular formula is C17H32N2O2. The predicted octanol–water partition coefficient (Wildman–Crippen LogP) is 3.55. The third kappa shape index (κ3) is 6.68. The molecule has 0 heterocycles. The van der Waals surface area contributed by atoms with Gasteiger partial charge in [-0.05, 0) is 65.8 Å². The summed E-state index contributed by atoms with van der Waals surface area (Å²) in [5.74, 6) is 0.970. The van der Waals surface area contributed by atoms with E-state index in [0.29, 0.717) is 12.1 Å². The molecule has 122 valence electrons. The first-order chi connectivity index (χ1) is 9.85. The number of carbonyl (C=O) groups is 1. The maximum Gasteiger partial charge on any atom is 0.410 e. The molecule has 0 bridgehead atoms. The lowest BCUT2D eigenvalue weighted by atomic mass is 10.1. The average Bonchev–Trinajstić information content (AvgIpc) is 3.20. The Bertz CT molecular complexity index is 343. The van der Waals surface area contributed by atoms with Gasteiger partial charge in [0, 0.05) is 18.6 Å². The number of amides is 1. The number of ether oxygens (including phenoxy) is 1. The van der Waals surface area contributed by atoms with Gasteiger partial charge in [0.25, 0.3) is 0 Å². The van der Waals surface area contributed by atoms with E-state index in [1.807, 2.05) is 25.7 Å². The monoisotopic (exact) mass is 296 g/mol. The van der Waals surface area contributed by atoms with Crippen LogP contribution in [0.5, 0.6) is 0 Å². The van der Waals surface area contributed by atoms with Crippen LogP contribution in [0.25, 0.3) is 0 Å². The molecule has 0 radical (unpaired) electrons. The molecule has 1 atom stereocenters. The topological polar surface area (TPSA) is 41.6 Å². The van der Waals surface area contributed by atoms with Crippen LogP contribution in [0.3, 0.4) is 0 Å². The number of hydrogen-bond donors (Lipinski definition) is 1. The van der Waals surface area contributed by atoms with Gasteiger partial charge in [-0.2, -0.15) is 0 Å². The molecule has 0 aromatic carbocycles. The molecule has 0 aliphatic heterocycles. The summed E-state index contributed by atoms with van der Waals surface area (Å²) in [6.45, 7) is 9.85. The normalized spacial score (nSPS) is 20.2. The van der Waals surface area contributed by atoms with Crippen LogP contribution in [0.1, 0.15) is 66.2 Å². The molecular weight excluding hydrogens is 264 g/mol. The van der Waals surface area contributed by atoms with Crippen LogP contribution in [0.2, 0.25) is 0 Å². The quantitative estimate of drug-likeness (QED) is 0.696. The Hall–Kier alpha value is -0.770. The highest BCUT2D eigenvalue weighted by atomic mass is 16.6. The van der Waals surface area contributed by atoms with Gasteiger partial charge in [-0.15, -0.1) is 0 Å². The summed E-state index contributed by atoms with van der Waals surface area (Å²) in [4.78, 5) is 14.1. The fourth-order valence-electron chi connectivity index (χ4n) is 2.66. The van der Waals surface area contributed by atoms with Gasteiger partial charge in [-0.25, -0.2) is 4.79 Å². The maximum atomic E-state index is 12.2. The van der Waals surface area contributed by atoms with Crippen molar-refractivity contribution in [2.75, 3.05) is 13.1 Å². The van der Waals surface area contributed by atoms with E-state index in [4.69, 9.17) is 4.74 Å². The van der Waals surface area contributed by atoms with E-state index in [2.05, 4.69) is 12.2 Å². The standard InChI is InChI=1S/C17H32N2O2/c1-13(12-14-6-7-14)18-10-5-11-19(15-8-9-15)16(20)21-17(2,3)4/h13-15,18H,5-12H2,1-4H3. The first kappa shape index (κ1) is 16.6. The fourth-order valence-corrected chi connectivity index (χ4v) is 2.66. The van der Waals surface area contributed by atoms with Crippen molar-refractivity contribution in [3.8, 4) is 0 Å². The van der Waals surface area contributed by atoms with Crippen LogP contribution in [0.4, 0.5) is 4.79 Å². The third-order valence-corrected chi connectivity index (χ3v) is 4.07. The highest BCUT2D eigenvalue weighted by Crippen LogP contribution is 2.33. The van der Waals surface area contributed by atoms with Crippen molar-refractivity contribution < 1.29 is 9.53 Å². The van der Waals surface area contributed by atoms with Crippen LogP contribution >= 0.6 is 0 Å². The van der Waals surface area contributed by atoms with Gasteiger partial charge in [0.1, 0.15) is 5.60 Å². The number of nitrogens with zero attached hydrogens (tertiary/aromatic N) is 1. The van der Waals surface area contributed by atoms with Gasteiger partial charge in [-0.1, -0.05) is 12.8 Å². The molecule has 2 saturated carbocycles. The molecule has 0 saturated heterocycles. The smallest absolute Gasteiger partial charge is 0.410 e. The zero-order chi connectivity index (χ0) is 15.5. The van der Waals surface area contributed by atoms with E-state index in [9.17, 15) is 4.79 Å². The molecule has 0 aromatic rings. The molecule has 1 N–H and O–H groups in total. The molecule has 2 fully saturated rings. The number of hydrogen-bond acceptors (Lipinski definition) is 3. The van der Waals surface area contributed by atoms with Gasteiger partial charge >= 0.3 is 6.09 Å². The van der Waals surface area contributed by atoms with Gasteiger partial charge in [-0.3, -0.25) is 0 Å². The van der Waals surface area contributed by atoms with Crippen molar-refractivity contribution in [1.29, 1.82) is 0 Å². The largest absolute Gasteiger partial charge is 0.444 e. The van der Waals surface area contributed by atoms with Gasteiger partial charge in [0.15, 0.2) is 0 Å². The van der Waals surface area contributed by atoms with Crippen molar-refractivity contribution >= 4 is 6.09 Å². The van der Waals surface area contributed by atoms with E-state index in [-0.39, 0.29) is 6.09 Å². The van der Waals surface area contributed by atoms with Crippen LogP contribution < -0.4 is 5.32 Å². The molecule has 1 unspecified atom stereocenters. The summed E-state index contributed by atoms with van der Waals surface area (Å²) in [5.41, 5.74) is -0.402. The molecule has 0 aromatic heterocycles. The summed E-state index contributed by atoms with van der Waals surface area (Å²) in [6.07, 6.45) is 7.26. The van der Waals surface area contributed by atoms with Crippen molar-refractivity contribution in [3.63, 3.8) is 0 Å². The Balaban J connectivity index is 1.64. The number of rotatable bonds is 8. The van der Waals surface area contributed by atoms with Crippen molar-refractivity contribution in [3.05, 3.63) is 0 Å². The molecule has 4 nitrogen and oxygen atoms in total.